The molecule has 0 amide bonds. The number of Topliss-reactive ketones (excluding diaryl/α,β-unsaturated/α-hetero) is 1. The van der Waals surface area contributed by atoms with Crippen molar-refractivity contribution < 1.29 is 28.2 Å². The number of hydrogen-bond donors (Lipinski definition) is 2. The Bertz CT molecular complexity index is 498. The Morgan fingerprint density at radius 2 is 1.82 bits per heavy atom. The monoisotopic (exact) mass is 318 g/mol. The number of rotatable bonds is 7. The van der Waals surface area contributed by atoms with Crippen molar-refractivity contribution in [1.82, 2.24) is 0 Å². The molecule has 0 radical (unpaired) electrons. The van der Waals surface area contributed by atoms with E-state index >= 15 is 0 Å². The molecule has 0 spiro atoms. The predicted molar refractivity (Wildman–Crippen MR) is 76.8 cm³/mol. The van der Waals surface area contributed by atoms with Gasteiger partial charge in [0.05, 0.1) is 12.2 Å². The van der Waals surface area contributed by atoms with E-state index in [0.29, 0.717) is 12.8 Å². The van der Waals surface area contributed by atoms with Crippen molar-refractivity contribution in [2.24, 2.45) is 0 Å². The second kappa shape index (κ2) is 7.74. The fourth-order valence-corrected chi connectivity index (χ4v) is 2.56. The highest BCUT2D eigenvalue weighted by atomic mass is 19.4. The van der Waals surface area contributed by atoms with Gasteiger partial charge in [-0.05, 0) is 25.3 Å². The number of carbonyl (C=O) groups excluding carboxylic acids is 1. The molecule has 1 aromatic rings. The third-order valence-electron chi connectivity index (χ3n) is 3.51. The van der Waals surface area contributed by atoms with Gasteiger partial charge in [0.2, 0.25) is 0 Å². The first kappa shape index (κ1) is 18.6. The third kappa shape index (κ3) is 4.81. The van der Waals surface area contributed by atoms with Crippen LogP contribution in [0.25, 0.3) is 0 Å². The van der Waals surface area contributed by atoms with Crippen LogP contribution in [0.15, 0.2) is 24.3 Å². The molecular formula is C16H21F3O3. The molecular weight excluding hydrogens is 297 g/mol. The number of alkyl halides is 3. The van der Waals surface area contributed by atoms with Crippen LogP contribution in [0.3, 0.4) is 0 Å². The van der Waals surface area contributed by atoms with Crippen LogP contribution in [-0.2, 0) is 0 Å². The van der Waals surface area contributed by atoms with Gasteiger partial charge >= 0.3 is 6.18 Å². The van der Waals surface area contributed by atoms with Crippen LogP contribution in [0.1, 0.15) is 54.9 Å². The minimum absolute atomic E-state index is 0.0409. The number of benzene rings is 1. The lowest BCUT2D eigenvalue weighted by molar-refractivity contribution is -0.0886. The fourth-order valence-electron chi connectivity index (χ4n) is 2.56. The number of hydrogen-bond acceptors (Lipinski definition) is 3. The Morgan fingerprint density at radius 3 is 2.32 bits per heavy atom. The van der Waals surface area contributed by atoms with Gasteiger partial charge in [0.15, 0.2) is 0 Å². The zero-order valence-corrected chi connectivity index (χ0v) is 12.6. The normalized spacial score (nSPS) is 16.1. The van der Waals surface area contributed by atoms with Gasteiger partial charge in [-0.2, -0.15) is 13.2 Å². The molecule has 0 aromatic heterocycles. The van der Waals surface area contributed by atoms with Gasteiger partial charge in [-0.1, -0.05) is 37.6 Å². The number of halogens is 3. The average molecular weight is 318 g/mol. The van der Waals surface area contributed by atoms with Crippen LogP contribution < -0.4 is 0 Å². The number of aliphatic hydroxyl groups is 2. The van der Waals surface area contributed by atoms with Crippen molar-refractivity contribution in [1.29, 1.82) is 0 Å². The van der Waals surface area contributed by atoms with Gasteiger partial charge in [0.25, 0.3) is 5.78 Å². The number of carbonyl (C=O) groups is 1. The van der Waals surface area contributed by atoms with Crippen LogP contribution in [0.4, 0.5) is 13.2 Å². The lowest BCUT2D eigenvalue weighted by Gasteiger charge is -2.26. The molecule has 0 heterocycles. The summed E-state index contributed by atoms with van der Waals surface area (Å²) in [4.78, 5) is 11.6. The summed E-state index contributed by atoms with van der Waals surface area (Å²) in [5.74, 6) is -2.53. The molecule has 0 fully saturated rings. The smallest absolute Gasteiger partial charge is 0.393 e. The molecule has 0 saturated carbocycles. The van der Waals surface area contributed by atoms with E-state index in [9.17, 15) is 28.2 Å². The van der Waals surface area contributed by atoms with E-state index in [1.54, 1.807) is 6.07 Å². The lowest BCUT2D eigenvalue weighted by Crippen LogP contribution is -2.28. The molecule has 0 aliphatic carbocycles. The van der Waals surface area contributed by atoms with E-state index in [4.69, 9.17) is 0 Å². The summed E-state index contributed by atoms with van der Waals surface area (Å²) in [6, 6.07) is 5.47. The highest BCUT2D eigenvalue weighted by Gasteiger charge is 2.41. The van der Waals surface area contributed by atoms with Gasteiger partial charge in [-0.3, -0.25) is 4.79 Å². The van der Waals surface area contributed by atoms with E-state index in [0.717, 1.165) is 6.07 Å². The molecule has 2 N–H and O–H groups in total. The molecule has 22 heavy (non-hydrogen) atoms. The van der Waals surface area contributed by atoms with Gasteiger partial charge in [0.1, 0.15) is 0 Å². The van der Waals surface area contributed by atoms with E-state index in [2.05, 4.69) is 0 Å². The van der Waals surface area contributed by atoms with Crippen molar-refractivity contribution in [2.75, 3.05) is 0 Å². The maximum absolute atomic E-state index is 12.7. The van der Waals surface area contributed by atoms with Gasteiger partial charge in [-0.25, -0.2) is 0 Å². The van der Waals surface area contributed by atoms with E-state index in [-0.39, 0.29) is 12.0 Å². The van der Waals surface area contributed by atoms with Gasteiger partial charge in [-0.15, -0.1) is 0 Å². The molecule has 3 atom stereocenters. The first-order chi connectivity index (χ1) is 10.2. The number of aliphatic hydroxyl groups excluding tert-OH is 2. The topological polar surface area (TPSA) is 57.5 Å². The Morgan fingerprint density at radius 1 is 1.23 bits per heavy atom. The van der Waals surface area contributed by atoms with Gasteiger partial charge in [0, 0.05) is 11.5 Å². The molecule has 0 saturated heterocycles. The summed E-state index contributed by atoms with van der Waals surface area (Å²) in [7, 11) is 0. The zero-order valence-electron chi connectivity index (χ0n) is 12.6. The quantitative estimate of drug-likeness (QED) is 0.757. The highest BCUT2D eigenvalue weighted by molar-refractivity contribution is 6.01. The first-order valence-electron chi connectivity index (χ1n) is 7.25. The first-order valence-corrected chi connectivity index (χ1v) is 7.25. The van der Waals surface area contributed by atoms with Crippen LogP contribution in [0.5, 0.6) is 0 Å². The Kier molecular flexibility index (Phi) is 6.56. The van der Waals surface area contributed by atoms with E-state index in [1.807, 2.05) is 6.92 Å². The van der Waals surface area contributed by atoms with Crippen molar-refractivity contribution in [2.45, 2.75) is 57.4 Å². The highest BCUT2D eigenvalue weighted by Crippen LogP contribution is 2.33. The molecule has 0 aliphatic rings. The largest absolute Gasteiger partial charge is 0.454 e. The van der Waals surface area contributed by atoms with Crippen molar-refractivity contribution in [3.63, 3.8) is 0 Å². The van der Waals surface area contributed by atoms with Gasteiger partial charge < -0.3 is 10.2 Å². The minimum atomic E-state index is -4.96. The Labute approximate surface area is 127 Å². The molecule has 1 rings (SSSR count). The van der Waals surface area contributed by atoms with Crippen LogP contribution >= 0.6 is 0 Å². The van der Waals surface area contributed by atoms with Crippen LogP contribution in [0.2, 0.25) is 0 Å². The maximum Gasteiger partial charge on any atom is 0.454 e. The van der Waals surface area contributed by atoms with Crippen LogP contribution in [-0.4, -0.2) is 34.4 Å². The molecule has 3 unspecified atom stereocenters. The molecule has 0 bridgehead atoms. The summed E-state index contributed by atoms with van der Waals surface area (Å²) < 4.78 is 38.2. The predicted octanol–water partition coefficient (Wildman–Crippen LogP) is 3.45. The minimum Gasteiger partial charge on any atom is -0.393 e. The molecule has 6 heteroatoms. The lowest BCUT2D eigenvalue weighted by atomic mass is 9.83. The SMILES string of the molecule is CCCC(c1ccccc1C(=O)C(F)(F)F)C(O)CC(C)O. The summed E-state index contributed by atoms with van der Waals surface area (Å²) in [6.07, 6.45) is -5.64. The van der Waals surface area contributed by atoms with E-state index < -0.39 is 35.6 Å². The summed E-state index contributed by atoms with van der Waals surface area (Å²) in [6.45, 7) is 3.34. The average Bonchev–Trinajstić information content (AvgIpc) is 2.42. The standard InChI is InChI=1S/C16H21F3O3/c1-3-6-12(14(21)9-10(2)20)11-7-4-5-8-13(11)15(22)16(17,18)19/h4-5,7-8,10,12,14,20-21H,3,6,9H2,1-2H3. The third-order valence-corrected chi connectivity index (χ3v) is 3.51. The van der Waals surface area contributed by atoms with Crippen molar-refractivity contribution in [3.8, 4) is 0 Å². The maximum atomic E-state index is 12.7. The molecule has 124 valence electrons. The molecule has 1 aromatic carbocycles. The fraction of sp³-hybridized carbons (Fsp3) is 0.562. The number of ketones is 1. The second-order valence-electron chi connectivity index (χ2n) is 5.46. The zero-order chi connectivity index (χ0) is 16.9. The van der Waals surface area contributed by atoms with Crippen LogP contribution in [0, 0.1) is 0 Å². The summed E-state index contributed by atoms with van der Waals surface area (Å²) in [5.41, 5.74) is -0.252. The Balaban J connectivity index is 3.23. The Hall–Kier alpha value is -1.40. The van der Waals surface area contributed by atoms with E-state index in [1.165, 1.54) is 19.1 Å². The summed E-state index contributed by atoms with van der Waals surface area (Å²) in [5, 5.41) is 19.6. The molecule has 3 nitrogen and oxygen atoms in total. The van der Waals surface area contributed by atoms with Crippen molar-refractivity contribution >= 4 is 5.78 Å². The second-order valence-corrected chi connectivity index (χ2v) is 5.46. The molecule has 0 aliphatic heterocycles. The summed E-state index contributed by atoms with van der Waals surface area (Å²) >= 11 is 0. The van der Waals surface area contributed by atoms with Crippen molar-refractivity contribution in [3.05, 3.63) is 35.4 Å².